The van der Waals surface area contributed by atoms with Crippen molar-refractivity contribution in [2.75, 3.05) is 38.5 Å². The minimum Gasteiger partial charge on any atom is -0.467 e. The lowest BCUT2D eigenvalue weighted by Gasteiger charge is -2.34. The van der Waals surface area contributed by atoms with Crippen molar-refractivity contribution in [3.8, 4) is 11.4 Å². The predicted molar refractivity (Wildman–Crippen MR) is 142 cm³/mol. The summed E-state index contributed by atoms with van der Waals surface area (Å²) in [6, 6.07) is 24.1. The zero-order valence-corrected chi connectivity index (χ0v) is 20.9. The van der Waals surface area contributed by atoms with Crippen molar-refractivity contribution in [2.45, 2.75) is 11.7 Å². The number of benzene rings is 2. The molecular weight excluding hydrogens is 470 g/mol. The van der Waals surface area contributed by atoms with Gasteiger partial charge in [-0.05, 0) is 17.7 Å². The molecule has 36 heavy (non-hydrogen) atoms. The Morgan fingerprint density at radius 3 is 2.39 bits per heavy atom. The van der Waals surface area contributed by atoms with E-state index in [0.29, 0.717) is 17.5 Å². The first-order valence-electron chi connectivity index (χ1n) is 12.1. The fraction of sp³-hybridized carbons (Fsp3) is 0.250. The van der Waals surface area contributed by atoms with Gasteiger partial charge in [0.05, 0.1) is 18.6 Å². The van der Waals surface area contributed by atoms with Gasteiger partial charge < -0.3 is 9.32 Å². The Bertz CT molecular complexity index is 1260. The molecule has 0 N–H and O–H groups in total. The Morgan fingerprint density at radius 2 is 1.67 bits per heavy atom. The highest BCUT2D eigenvalue weighted by Crippen LogP contribution is 2.25. The maximum Gasteiger partial charge on any atom is 0.233 e. The summed E-state index contributed by atoms with van der Waals surface area (Å²) in [7, 11) is 0. The predicted octanol–water partition coefficient (Wildman–Crippen LogP) is 4.54. The topological polar surface area (TPSA) is 67.4 Å². The van der Waals surface area contributed by atoms with Crippen molar-refractivity contribution < 1.29 is 9.21 Å². The third kappa shape index (κ3) is 6.13. The second-order valence-electron chi connectivity index (χ2n) is 8.62. The molecular formula is C28H29N5O2S. The van der Waals surface area contributed by atoms with Gasteiger partial charge in [-0.25, -0.2) is 0 Å². The number of hydrogen-bond donors (Lipinski definition) is 0. The lowest BCUT2D eigenvalue weighted by atomic mass is 10.2. The highest BCUT2D eigenvalue weighted by molar-refractivity contribution is 7.99. The van der Waals surface area contributed by atoms with E-state index in [4.69, 9.17) is 4.42 Å². The zero-order valence-electron chi connectivity index (χ0n) is 20.1. The highest BCUT2D eigenvalue weighted by Gasteiger charge is 2.22. The van der Waals surface area contributed by atoms with Crippen molar-refractivity contribution in [1.82, 2.24) is 24.6 Å². The Balaban J connectivity index is 1.16. The first-order chi connectivity index (χ1) is 17.8. The fourth-order valence-corrected chi connectivity index (χ4v) is 5.04. The van der Waals surface area contributed by atoms with Crippen LogP contribution >= 0.6 is 11.8 Å². The fourth-order valence-electron chi connectivity index (χ4n) is 4.20. The monoisotopic (exact) mass is 499 g/mol. The number of nitrogens with zero attached hydrogens (tertiary/aromatic N) is 5. The van der Waals surface area contributed by atoms with E-state index in [0.717, 1.165) is 49.9 Å². The lowest BCUT2D eigenvalue weighted by molar-refractivity contribution is -0.130. The third-order valence-electron chi connectivity index (χ3n) is 6.17. The summed E-state index contributed by atoms with van der Waals surface area (Å²) in [6.45, 7) is 4.64. The molecule has 7 nitrogen and oxygen atoms in total. The van der Waals surface area contributed by atoms with Crippen molar-refractivity contribution >= 4 is 23.7 Å². The average Bonchev–Trinajstić information content (AvgIpc) is 3.59. The molecule has 5 rings (SSSR count). The van der Waals surface area contributed by atoms with Crippen molar-refractivity contribution in [2.24, 2.45) is 0 Å². The van der Waals surface area contributed by atoms with Crippen LogP contribution in [0.15, 0.2) is 94.7 Å². The molecule has 3 heterocycles. The van der Waals surface area contributed by atoms with Crippen LogP contribution in [0.25, 0.3) is 17.5 Å². The van der Waals surface area contributed by atoms with Crippen LogP contribution in [-0.2, 0) is 11.3 Å². The SMILES string of the molecule is O=C(CSc1nnc(-c2ccccc2)n1Cc1ccco1)N1CCN(C/C=C/c2ccccc2)CC1. The summed E-state index contributed by atoms with van der Waals surface area (Å²) in [5.74, 6) is 2.05. The maximum absolute atomic E-state index is 13.0. The number of amides is 1. The number of thioether (sulfide) groups is 1. The molecule has 1 fully saturated rings. The van der Waals surface area contributed by atoms with Crippen LogP contribution in [0.4, 0.5) is 0 Å². The number of carbonyl (C=O) groups is 1. The van der Waals surface area contributed by atoms with Gasteiger partial charge in [-0.1, -0.05) is 84.6 Å². The van der Waals surface area contributed by atoms with Gasteiger partial charge in [-0.3, -0.25) is 14.3 Å². The lowest BCUT2D eigenvalue weighted by Crippen LogP contribution is -2.49. The Morgan fingerprint density at radius 1 is 0.917 bits per heavy atom. The van der Waals surface area contributed by atoms with Crippen LogP contribution in [0.2, 0.25) is 0 Å². The van der Waals surface area contributed by atoms with E-state index in [2.05, 4.69) is 39.4 Å². The van der Waals surface area contributed by atoms with Crippen LogP contribution < -0.4 is 0 Å². The molecule has 184 valence electrons. The van der Waals surface area contributed by atoms with E-state index >= 15 is 0 Å². The Labute approximate surface area is 215 Å². The summed E-state index contributed by atoms with van der Waals surface area (Å²) < 4.78 is 7.58. The Hall–Kier alpha value is -3.62. The van der Waals surface area contributed by atoms with E-state index in [9.17, 15) is 4.79 Å². The highest BCUT2D eigenvalue weighted by atomic mass is 32.2. The molecule has 0 spiro atoms. The van der Waals surface area contributed by atoms with Gasteiger partial charge in [0.2, 0.25) is 5.91 Å². The molecule has 0 saturated carbocycles. The molecule has 1 aliphatic rings. The van der Waals surface area contributed by atoms with Gasteiger partial charge in [0, 0.05) is 38.3 Å². The minimum atomic E-state index is 0.133. The summed E-state index contributed by atoms with van der Waals surface area (Å²) in [5.41, 5.74) is 2.19. The smallest absolute Gasteiger partial charge is 0.233 e. The van der Waals surface area contributed by atoms with Crippen LogP contribution in [0.3, 0.4) is 0 Å². The molecule has 1 saturated heterocycles. The largest absolute Gasteiger partial charge is 0.467 e. The van der Waals surface area contributed by atoms with Crippen molar-refractivity contribution in [3.05, 3.63) is 96.5 Å². The molecule has 8 heteroatoms. The summed E-state index contributed by atoms with van der Waals surface area (Å²) >= 11 is 1.43. The van der Waals surface area contributed by atoms with Crippen molar-refractivity contribution in [1.29, 1.82) is 0 Å². The zero-order chi connectivity index (χ0) is 24.6. The third-order valence-corrected chi connectivity index (χ3v) is 7.12. The molecule has 0 atom stereocenters. The van der Waals surface area contributed by atoms with E-state index in [1.54, 1.807) is 6.26 Å². The summed E-state index contributed by atoms with van der Waals surface area (Å²) in [5, 5.41) is 9.55. The molecule has 2 aromatic heterocycles. The van der Waals surface area contributed by atoms with Gasteiger partial charge in [0.1, 0.15) is 5.76 Å². The van der Waals surface area contributed by atoms with E-state index in [1.807, 2.05) is 70.1 Å². The first-order valence-corrected chi connectivity index (χ1v) is 13.1. The molecule has 0 radical (unpaired) electrons. The first kappa shape index (κ1) is 24.1. The van der Waals surface area contributed by atoms with Gasteiger partial charge in [0.15, 0.2) is 11.0 Å². The van der Waals surface area contributed by atoms with E-state index < -0.39 is 0 Å². The maximum atomic E-state index is 13.0. The number of aromatic nitrogens is 3. The number of rotatable bonds is 9. The van der Waals surface area contributed by atoms with Crippen LogP contribution in [0, 0.1) is 0 Å². The number of carbonyl (C=O) groups excluding carboxylic acids is 1. The second kappa shape index (κ2) is 11.9. The average molecular weight is 500 g/mol. The van der Waals surface area contributed by atoms with Gasteiger partial charge in [-0.15, -0.1) is 10.2 Å². The molecule has 1 amide bonds. The molecule has 0 bridgehead atoms. The normalized spacial score (nSPS) is 14.5. The molecule has 2 aromatic carbocycles. The summed E-state index contributed by atoms with van der Waals surface area (Å²) in [6.07, 6.45) is 6.00. The van der Waals surface area contributed by atoms with Crippen LogP contribution in [-0.4, -0.2) is 68.9 Å². The van der Waals surface area contributed by atoms with Crippen LogP contribution in [0.5, 0.6) is 0 Å². The van der Waals surface area contributed by atoms with E-state index in [1.165, 1.54) is 17.3 Å². The number of furan rings is 1. The van der Waals surface area contributed by atoms with E-state index in [-0.39, 0.29) is 5.91 Å². The summed E-state index contributed by atoms with van der Waals surface area (Å²) in [4.78, 5) is 17.3. The van der Waals surface area contributed by atoms with Gasteiger partial charge in [-0.2, -0.15) is 0 Å². The number of hydrogen-bond acceptors (Lipinski definition) is 6. The van der Waals surface area contributed by atoms with Gasteiger partial charge in [0.25, 0.3) is 0 Å². The molecule has 0 unspecified atom stereocenters. The van der Waals surface area contributed by atoms with Crippen molar-refractivity contribution in [3.63, 3.8) is 0 Å². The molecule has 1 aliphatic heterocycles. The molecule has 4 aromatic rings. The van der Waals surface area contributed by atoms with Crippen LogP contribution in [0.1, 0.15) is 11.3 Å². The molecule has 0 aliphatic carbocycles. The Kier molecular flexibility index (Phi) is 7.95. The minimum absolute atomic E-state index is 0.133. The van der Waals surface area contributed by atoms with Gasteiger partial charge >= 0.3 is 0 Å². The number of piperazine rings is 1. The quantitative estimate of drug-likeness (QED) is 0.315. The second-order valence-corrected chi connectivity index (χ2v) is 9.56. The standard InChI is InChI=1S/C28H29N5O2S/c34-26(32-18-16-31(17-19-32)15-7-11-23-9-3-1-4-10-23)22-36-28-30-29-27(24-12-5-2-6-13-24)33(28)21-25-14-8-20-35-25/h1-14,20H,15-19,21-22H2/b11-7+.